The van der Waals surface area contributed by atoms with E-state index in [0.717, 1.165) is 0 Å². The molecule has 1 aromatic heterocycles. The van der Waals surface area contributed by atoms with Gasteiger partial charge in [0.25, 0.3) is 9.14 Å². The molecule has 0 N–H and O–H groups in total. The highest BCUT2D eigenvalue weighted by atomic mass is 127. The number of benzene rings is 1. The first-order valence-corrected chi connectivity index (χ1v) is 4.89. The molecule has 0 spiro atoms. The second kappa shape index (κ2) is 3.26. The van der Waals surface area contributed by atoms with E-state index in [2.05, 4.69) is 4.98 Å². The van der Waals surface area contributed by atoms with E-state index in [1.807, 2.05) is 22.6 Å². The van der Waals surface area contributed by atoms with Gasteiger partial charge in [0, 0.05) is 22.6 Å². The number of nitrogens with zero attached hydrogens (tertiary/aromatic N) is 1. The van der Waals surface area contributed by atoms with Crippen LogP contribution in [0.25, 0.3) is 11.1 Å². The Morgan fingerprint density at radius 2 is 2.31 bits per heavy atom. The van der Waals surface area contributed by atoms with Gasteiger partial charge in [-0.05, 0) is 23.7 Å². The Kier molecular flexibility index (Phi) is 2.25. The van der Waals surface area contributed by atoms with Crippen molar-refractivity contribution in [1.82, 2.24) is 4.98 Å². The first-order valence-electron chi connectivity index (χ1n) is 3.43. The fourth-order valence-corrected chi connectivity index (χ4v) is 1.71. The summed E-state index contributed by atoms with van der Waals surface area (Å²) in [5.74, 6) is 0. The molecule has 5 heteroatoms. The smallest absolute Gasteiger partial charge is 0.258 e. The minimum Gasteiger partial charge on any atom is -0.432 e. The Labute approximate surface area is 92.2 Å². The van der Waals surface area contributed by atoms with Crippen molar-refractivity contribution < 1.29 is 9.21 Å². The zero-order chi connectivity index (χ0) is 9.42. The van der Waals surface area contributed by atoms with Gasteiger partial charge < -0.3 is 4.42 Å². The highest BCUT2D eigenvalue weighted by Crippen LogP contribution is 2.21. The zero-order valence-corrected chi connectivity index (χ0v) is 9.17. The predicted octanol–water partition coefficient (Wildman–Crippen LogP) is 2.81. The van der Waals surface area contributed by atoms with E-state index in [9.17, 15) is 4.79 Å². The van der Waals surface area contributed by atoms with Crippen molar-refractivity contribution in [2.45, 2.75) is 0 Å². The molecule has 0 radical (unpaired) electrons. The van der Waals surface area contributed by atoms with Crippen LogP contribution < -0.4 is 0 Å². The van der Waals surface area contributed by atoms with Gasteiger partial charge in [0.1, 0.15) is 5.52 Å². The van der Waals surface area contributed by atoms with Gasteiger partial charge in [-0.2, -0.15) is 0 Å². The molecule has 0 saturated carbocycles. The molecule has 2 rings (SSSR count). The molecule has 2 aromatic rings. The summed E-state index contributed by atoms with van der Waals surface area (Å²) < 4.78 is 5.72. The van der Waals surface area contributed by atoms with Crippen LogP contribution in [0.2, 0.25) is 0 Å². The number of para-hydroxylation sites is 1. The summed E-state index contributed by atoms with van der Waals surface area (Å²) in [5, 5.41) is -0.518. The summed E-state index contributed by atoms with van der Waals surface area (Å²) in [6.45, 7) is 0. The fourth-order valence-electron chi connectivity index (χ4n) is 1.08. The van der Waals surface area contributed by atoms with Crippen molar-refractivity contribution >= 4 is 50.5 Å². The summed E-state index contributed by atoms with van der Waals surface area (Å²) in [7, 11) is 0. The molecule has 0 atom stereocenters. The molecule has 3 nitrogen and oxygen atoms in total. The standard InChI is InChI=1S/C8H3ClINO2/c9-7(12)4-2-1-3-5-6(4)11-8(10)13-5/h1-3H. The van der Waals surface area contributed by atoms with Crippen LogP contribution in [0.4, 0.5) is 0 Å². The first-order chi connectivity index (χ1) is 6.18. The van der Waals surface area contributed by atoms with E-state index in [1.54, 1.807) is 18.2 Å². The minimum absolute atomic E-state index is 0.380. The fraction of sp³-hybridized carbons (Fsp3) is 0. The molecule has 0 aliphatic heterocycles. The molecule has 1 aromatic carbocycles. The molecule has 0 aliphatic carbocycles. The van der Waals surface area contributed by atoms with Gasteiger partial charge in [-0.1, -0.05) is 6.07 Å². The number of hydrogen-bond acceptors (Lipinski definition) is 3. The largest absolute Gasteiger partial charge is 0.432 e. The van der Waals surface area contributed by atoms with Crippen molar-refractivity contribution in [2.75, 3.05) is 0 Å². The monoisotopic (exact) mass is 307 g/mol. The maximum absolute atomic E-state index is 10.9. The van der Waals surface area contributed by atoms with Crippen molar-refractivity contribution in [3.05, 3.63) is 27.7 Å². The Morgan fingerprint density at radius 3 is 3.00 bits per heavy atom. The predicted molar refractivity (Wildman–Crippen MR) is 56.9 cm³/mol. The normalized spacial score (nSPS) is 10.6. The van der Waals surface area contributed by atoms with E-state index in [-0.39, 0.29) is 0 Å². The molecule has 1 heterocycles. The molecule has 66 valence electrons. The third-order valence-electron chi connectivity index (χ3n) is 1.60. The highest BCUT2D eigenvalue weighted by Gasteiger charge is 2.11. The van der Waals surface area contributed by atoms with Crippen LogP contribution in [0, 0.1) is 3.90 Å². The summed E-state index contributed by atoms with van der Waals surface area (Å²) in [5.41, 5.74) is 1.48. The van der Waals surface area contributed by atoms with Gasteiger partial charge >= 0.3 is 0 Å². The molecule has 13 heavy (non-hydrogen) atoms. The Hall–Kier alpha value is -0.620. The molecule has 0 amide bonds. The van der Waals surface area contributed by atoms with E-state index in [0.29, 0.717) is 20.6 Å². The minimum atomic E-state index is -0.518. The lowest BCUT2D eigenvalue weighted by Gasteiger charge is -1.91. The molecular weight excluding hydrogens is 304 g/mol. The molecule has 0 fully saturated rings. The van der Waals surface area contributed by atoms with Crippen molar-refractivity contribution in [1.29, 1.82) is 0 Å². The van der Waals surface area contributed by atoms with Gasteiger partial charge in [0.15, 0.2) is 5.58 Å². The second-order valence-corrected chi connectivity index (χ2v) is 3.66. The molecular formula is C8H3ClINO2. The zero-order valence-electron chi connectivity index (χ0n) is 6.25. The highest BCUT2D eigenvalue weighted by molar-refractivity contribution is 14.1. The molecule has 0 bridgehead atoms. The lowest BCUT2D eigenvalue weighted by atomic mass is 10.2. The average Bonchev–Trinajstić information content (AvgIpc) is 2.43. The van der Waals surface area contributed by atoms with E-state index in [1.165, 1.54) is 0 Å². The van der Waals surface area contributed by atoms with Gasteiger partial charge in [-0.3, -0.25) is 4.79 Å². The Morgan fingerprint density at radius 1 is 1.54 bits per heavy atom. The van der Waals surface area contributed by atoms with E-state index >= 15 is 0 Å². The van der Waals surface area contributed by atoms with Crippen LogP contribution in [0.5, 0.6) is 0 Å². The SMILES string of the molecule is O=C(Cl)c1cccc2oc(I)nc12. The lowest BCUT2D eigenvalue weighted by Crippen LogP contribution is -1.89. The van der Waals surface area contributed by atoms with Gasteiger partial charge in [-0.15, -0.1) is 0 Å². The quantitative estimate of drug-likeness (QED) is 0.601. The van der Waals surface area contributed by atoms with E-state index in [4.69, 9.17) is 16.0 Å². The number of fused-ring (bicyclic) bond motifs is 1. The third-order valence-corrected chi connectivity index (χ3v) is 2.27. The van der Waals surface area contributed by atoms with Gasteiger partial charge in [0.05, 0.1) is 5.56 Å². The van der Waals surface area contributed by atoms with Crippen molar-refractivity contribution in [3.8, 4) is 0 Å². The number of aromatic nitrogens is 1. The topological polar surface area (TPSA) is 43.1 Å². The van der Waals surface area contributed by atoms with Crippen LogP contribution in [0.15, 0.2) is 22.6 Å². The second-order valence-electron chi connectivity index (χ2n) is 2.39. The Bertz CT molecular complexity index is 480. The summed E-state index contributed by atoms with van der Waals surface area (Å²) in [6.07, 6.45) is 0. The summed E-state index contributed by atoms with van der Waals surface area (Å²) >= 11 is 7.31. The van der Waals surface area contributed by atoms with Crippen LogP contribution in [-0.4, -0.2) is 10.2 Å². The number of carbonyl (C=O) groups is 1. The Balaban J connectivity index is 2.82. The number of halogens is 2. The maximum Gasteiger partial charge on any atom is 0.258 e. The molecule has 0 aliphatic rings. The molecule has 0 saturated heterocycles. The number of hydrogen-bond donors (Lipinski definition) is 0. The third kappa shape index (κ3) is 1.55. The maximum atomic E-state index is 10.9. The first kappa shape index (κ1) is 8.96. The number of oxazole rings is 1. The lowest BCUT2D eigenvalue weighted by molar-refractivity contribution is 0.108. The van der Waals surface area contributed by atoms with Crippen LogP contribution in [-0.2, 0) is 0 Å². The van der Waals surface area contributed by atoms with Crippen molar-refractivity contribution in [3.63, 3.8) is 0 Å². The summed E-state index contributed by atoms with van der Waals surface area (Å²) in [6, 6.07) is 5.07. The molecule has 0 unspecified atom stereocenters. The van der Waals surface area contributed by atoms with Gasteiger partial charge in [0.2, 0.25) is 0 Å². The van der Waals surface area contributed by atoms with Gasteiger partial charge in [-0.25, -0.2) is 4.98 Å². The number of carbonyl (C=O) groups excluding carboxylic acids is 1. The van der Waals surface area contributed by atoms with Crippen molar-refractivity contribution in [2.24, 2.45) is 0 Å². The van der Waals surface area contributed by atoms with E-state index < -0.39 is 5.24 Å². The van der Waals surface area contributed by atoms with Crippen LogP contribution >= 0.6 is 34.2 Å². The number of rotatable bonds is 1. The van der Waals surface area contributed by atoms with Crippen LogP contribution in [0.3, 0.4) is 0 Å². The average molecular weight is 307 g/mol. The summed E-state index contributed by atoms with van der Waals surface area (Å²) in [4.78, 5) is 15.0. The van der Waals surface area contributed by atoms with Crippen LogP contribution in [0.1, 0.15) is 10.4 Å².